The lowest BCUT2D eigenvalue weighted by Gasteiger charge is -2.45. The van der Waals surface area contributed by atoms with E-state index >= 15 is 0 Å². The second kappa shape index (κ2) is 7.15. The summed E-state index contributed by atoms with van der Waals surface area (Å²) >= 11 is 0. The summed E-state index contributed by atoms with van der Waals surface area (Å²) in [5, 5.41) is 2.92. The Morgan fingerprint density at radius 2 is 1.71 bits per heavy atom. The number of hydrogen-bond donors (Lipinski definition) is 1. The van der Waals surface area contributed by atoms with Gasteiger partial charge in [0.05, 0.1) is 11.6 Å². The zero-order chi connectivity index (χ0) is 20.7. The number of carbonyl (C=O) groups is 1. The Balaban J connectivity index is 2.11. The van der Waals surface area contributed by atoms with Gasteiger partial charge in [0.25, 0.3) is 0 Å². The van der Waals surface area contributed by atoms with E-state index in [-0.39, 0.29) is 17.5 Å². The van der Waals surface area contributed by atoms with Crippen LogP contribution in [0.2, 0.25) is 0 Å². The van der Waals surface area contributed by atoms with Crippen LogP contribution >= 0.6 is 0 Å². The third-order valence-corrected chi connectivity index (χ3v) is 5.09. The van der Waals surface area contributed by atoms with Crippen LogP contribution in [0.5, 0.6) is 0 Å². The number of hydrogen-bond acceptors (Lipinski definition) is 1. The summed E-state index contributed by atoms with van der Waals surface area (Å²) in [6.07, 6.45) is -4.39. The topological polar surface area (TPSA) is 32.3 Å². The van der Waals surface area contributed by atoms with Crippen molar-refractivity contribution in [3.8, 4) is 0 Å². The molecule has 1 unspecified atom stereocenters. The van der Waals surface area contributed by atoms with Crippen LogP contribution in [0.1, 0.15) is 56.0 Å². The number of benzene rings is 2. The van der Waals surface area contributed by atoms with Crippen molar-refractivity contribution in [1.82, 2.24) is 10.2 Å². The fourth-order valence-corrected chi connectivity index (χ4v) is 3.85. The number of carbonyl (C=O) groups excluding carboxylic acids is 1. The van der Waals surface area contributed by atoms with Crippen molar-refractivity contribution in [2.24, 2.45) is 0 Å². The third kappa shape index (κ3) is 3.86. The van der Waals surface area contributed by atoms with Crippen molar-refractivity contribution in [3.63, 3.8) is 0 Å². The van der Waals surface area contributed by atoms with Gasteiger partial charge in [-0.3, -0.25) is 0 Å². The highest BCUT2D eigenvalue weighted by atomic mass is 19.4. The first-order valence-electron chi connectivity index (χ1n) is 9.34. The molecule has 0 spiro atoms. The summed E-state index contributed by atoms with van der Waals surface area (Å²) in [7, 11) is 0. The zero-order valence-corrected chi connectivity index (χ0v) is 16.5. The molecule has 0 aromatic heterocycles. The standard InChI is InChI=1S/C22H25F3N2O/c1-14(2)26-20(28)27-13-21(3,4)18-8-6-5-7-17(18)19(27)15-9-11-16(12-10-15)22(23,24)25/h5-12,14,19H,13H2,1-4H3,(H,26,28). The van der Waals surface area contributed by atoms with E-state index in [1.807, 2.05) is 38.1 Å². The summed E-state index contributed by atoms with van der Waals surface area (Å²) in [5.41, 5.74) is 1.74. The van der Waals surface area contributed by atoms with E-state index in [0.717, 1.165) is 23.3 Å². The number of amides is 2. The second-order valence-corrected chi connectivity index (χ2v) is 8.23. The molecule has 0 aliphatic carbocycles. The van der Waals surface area contributed by atoms with Gasteiger partial charge in [-0.2, -0.15) is 13.2 Å². The number of halogens is 3. The van der Waals surface area contributed by atoms with Crippen molar-refractivity contribution in [2.75, 3.05) is 6.54 Å². The molecule has 2 aromatic rings. The molecule has 3 rings (SSSR count). The molecule has 150 valence electrons. The van der Waals surface area contributed by atoms with Gasteiger partial charge in [-0.05, 0) is 42.7 Å². The van der Waals surface area contributed by atoms with Gasteiger partial charge in [-0.1, -0.05) is 50.2 Å². The molecule has 0 radical (unpaired) electrons. The Morgan fingerprint density at radius 1 is 1.11 bits per heavy atom. The number of alkyl halides is 3. The van der Waals surface area contributed by atoms with E-state index < -0.39 is 17.8 Å². The predicted molar refractivity (Wildman–Crippen MR) is 103 cm³/mol. The van der Waals surface area contributed by atoms with Crippen LogP contribution in [0.3, 0.4) is 0 Å². The van der Waals surface area contributed by atoms with Gasteiger partial charge < -0.3 is 10.2 Å². The largest absolute Gasteiger partial charge is 0.416 e. The molecule has 6 heteroatoms. The lowest BCUT2D eigenvalue weighted by Crippen LogP contribution is -2.52. The van der Waals surface area contributed by atoms with E-state index in [2.05, 4.69) is 19.2 Å². The molecule has 1 aliphatic rings. The predicted octanol–water partition coefficient (Wildman–Crippen LogP) is 5.51. The SMILES string of the molecule is CC(C)NC(=O)N1CC(C)(C)c2ccccc2C1c1ccc(C(F)(F)F)cc1. The Morgan fingerprint density at radius 3 is 2.29 bits per heavy atom. The average molecular weight is 390 g/mol. The van der Waals surface area contributed by atoms with E-state index in [0.29, 0.717) is 12.1 Å². The minimum Gasteiger partial charge on any atom is -0.336 e. The Kier molecular flexibility index (Phi) is 5.17. The van der Waals surface area contributed by atoms with Gasteiger partial charge in [0, 0.05) is 18.0 Å². The van der Waals surface area contributed by atoms with Gasteiger partial charge in [0.15, 0.2) is 0 Å². The maximum atomic E-state index is 13.0. The van der Waals surface area contributed by atoms with Crippen LogP contribution in [-0.4, -0.2) is 23.5 Å². The maximum Gasteiger partial charge on any atom is 0.416 e. The number of fused-ring (bicyclic) bond motifs is 1. The smallest absolute Gasteiger partial charge is 0.336 e. The second-order valence-electron chi connectivity index (χ2n) is 8.23. The molecular weight excluding hydrogens is 365 g/mol. The van der Waals surface area contributed by atoms with Gasteiger partial charge >= 0.3 is 12.2 Å². The summed E-state index contributed by atoms with van der Waals surface area (Å²) in [4.78, 5) is 14.7. The van der Waals surface area contributed by atoms with Crippen molar-refractivity contribution in [3.05, 3.63) is 70.8 Å². The third-order valence-electron chi connectivity index (χ3n) is 5.09. The number of rotatable bonds is 2. The Hall–Kier alpha value is -2.50. The van der Waals surface area contributed by atoms with Crippen LogP contribution in [-0.2, 0) is 11.6 Å². The first kappa shape index (κ1) is 20.2. The molecule has 0 saturated carbocycles. The van der Waals surface area contributed by atoms with Gasteiger partial charge in [-0.15, -0.1) is 0 Å². The van der Waals surface area contributed by atoms with Crippen LogP contribution in [0.25, 0.3) is 0 Å². The van der Waals surface area contributed by atoms with Crippen LogP contribution in [0.15, 0.2) is 48.5 Å². The van der Waals surface area contributed by atoms with E-state index in [9.17, 15) is 18.0 Å². The summed E-state index contributed by atoms with van der Waals surface area (Å²) in [6, 6.07) is 12.2. The van der Waals surface area contributed by atoms with Crippen molar-refractivity contribution in [1.29, 1.82) is 0 Å². The van der Waals surface area contributed by atoms with Gasteiger partial charge in [-0.25, -0.2) is 4.79 Å². The van der Waals surface area contributed by atoms with E-state index in [1.165, 1.54) is 12.1 Å². The van der Waals surface area contributed by atoms with Crippen LogP contribution in [0, 0.1) is 0 Å². The summed E-state index contributed by atoms with van der Waals surface area (Å²) in [5.74, 6) is 0. The average Bonchev–Trinajstić information content (AvgIpc) is 2.60. The molecule has 1 heterocycles. The fraction of sp³-hybridized carbons (Fsp3) is 0.409. The minimum atomic E-state index is -4.39. The first-order valence-corrected chi connectivity index (χ1v) is 9.34. The quantitative estimate of drug-likeness (QED) is 0.721. The molecule has 3 nitrogen and oxygen atoms in total. The van der Waals surface area contributed by atoms with E-state index in [4.69, 9.17) is 0 Å². The van der Waals surface area contributed by atoms with E-state index in [1.54, 1.807) is 4.90 Å². The highest BCUT2D eigenvalue weighted by Gasteiger charge is 2.41. The summed E-state index contributed by atoms with van der Waals surface area (Å²) in [6.45, 7) is 8.38. The lowest BCUT2D eigenvalue weighted by atomic mass is 9.74. The monoisotopic (exact) mass is 390 g/mol. The van der Waals surface area contributed by atoms with Crippen molar-refractivity contribution >= 4 is 6.03 Å². The summed E-state index contributed by atoms with van der Waals surface area (Å²) < 4.78 is 38.9. The molecule has 2 aromatic carbocycles. The zero-order valence-electron chi connectivity index (χ0n) is 16.5. The first-order chi connectivity index (χ1) is 13.0. The molecule has 0 bridgehead atoms. The number of nitrogens with zero attached hydrogens (tertiary/aromatic N) is 1. The van der Waals surface area contributed by atoms with Gasteiger partial charge in [0.2, 0.25) is 0 Å². The molecule has 2 amide bonds. The minimum absolute atomic E-state index is 0.0407. The highest BCUT2D eigenvalue weighted by Crippen LogP contribution is 2.43. The number of urea groups is 1. The molecule has 0 fully saturated rings. The normalized spacial score (nSPS) is 18.7. The Labute approximate surface area is 163 Å². The fourth-order valence-electron chi connectivity index (χ4n) is 3.85. The molecule has 1 atom stereocenters. The van der Waals surface area contributed by atoms with Crippen molar-refractivity contribution in [2.45, 2.75) is 51.4 Å². The molecule has 1 aliphatic heterocycles. The molecule has 0 saturated heterocycles. The van der Waals surface area contributed by atoms with Gasteiger partial charge in [0.1, 0.15) is 0 Å². The highest BCUT2D eigenvalue weighted by molar-refractivity contribution is 5.76. The van der Waals surface area contributed by atoms with Crippen LogP contribution in [0.4, 0.5) is 18.0 Å². The lowest BCUT2D eigenvalue weighted by molar-refractivity contribution is -0.137. The number of nitrogens with one attached hydrogen (secondary N) is 1. The van der Waals surface area contributed by atoms with Crippen molar-refractivity contribution < 1.29 is 18.0 Å². The van der Waals surface area contributed by atoms with Crippen LogP contribution < -0.4 is 5.32 Å². The molecular formula is C22H25F3N2O. The Bertz CT molecular complexity index is 857. The molecule has 1 N–H and O–H groups in total. The maximum absolute atomic E-state index is 13.0. The molecule has 28 heavy (non-hydrogen) atoms.